The summed E-state index contributed by atoms with van der Waals surface area (Å²) in [5, 5.41) is 0. The number of nitrogens with zero attached hydrogens (tertiary/aromatic N) is 2. The molecule has 4 aromatic rings. The van der Waals surface area contributed by atoms with E-state index >= 15 is 0 Å². The standard InChI is InChI=1S/C38H34N2/c1-30-29-32(25-28-38(30)40(36-21-13-6-14-22-36)35-19-7-2-3-8-20-35)31-23-26-37(27-24-31)39(33-15-9-4-10-16-33)34-17-11-5-12-18-34/h2-7,9-28,30H,8,29H2,1H3. The summed E-state index contributed by atoms with van der Waals surface area (Å²) in [5.41, 5.74) is 9.83. The number of para-hydroxylation sites is 3. The second kappa shape index (κ2) is 11.9. The summed E-state index contributed by atoms with van der Waals surface area (Å²) >= 11 is 0. The lowest BCUT2D eigenvalue weighted by atomic mass is 9.87. The van der Waals surface area contributed by atoms with Crippen LogP contribution in [0.1, 0.15) is 25.3 Å². The summed E-state index contributed by atoms with van der Waals surface area (Å²) < 4.78 is 0. The minimum Gasteiger partial charge on any atom is -0.314 e. The Hall–Kier alpha value is -4.82. The van der Waals surface area contributed by atoms with Crippen molar-refractivity contribution in [2.75, 3.05) is 9.80 Å². The molecule has 2 heteroatoms. The third kappa shape index (κ3) is 5.48. The lowest BCUT2D eigenvalue weighted by Gasteiger charge is -2.34. The summed E-state index contributed by atoms with van der Waals surface area (Å²) in [7, 11) is 0. The molecule has 0 aliphatic heterocycles. The molecule has 2 aliphatic carbocycles. The van der Waals surface area contributed by atoms with Crippen LogP contribution in [0, 0.1) is 5.92 Å². The van der Waals surface area contributed by atoms with Crippen molar-refractivity contribution >= 4 is 28.3 Å². The fourth-order valence-electron chi connectivity index (χ4n) is 5.55. The smallest absolute Gasteiger partial charge is 0.0462 e. The molecule has 0 N–H and O–H groups in total. The van der Waals surface area contributed by atoms with Crippen LogP contribution in [-0.2, 0) is 0 Å². The van der Waals surface area contributed by atoms with Crippen molar-refractivity contribution in [2.45, 2.75) is 19.8 Å². The van der Waals surface area contributed by atoms with E-state index in [-0.39, 0.29) is 0 Å². The van der Waals surface area contributed by atoms with E-state index in [4.69, 9.17) is 0 Å². The van der Waals surface area contributed by atoms with Crippen LogP contribution in [0.25, 0.3) is 5.57 Å². The highest BCUT2D eigenvalue weighted by Gasteiger charge is 2.24. The number of anilines is 4. The minimum absolute atomic E-state index is 0.371. The van der Waals surface area contributed by atoms with Crippen molar-refractivity contribution in [3.63, 3.8) is 0 Å². The lowest BCUT2D eigenvalue weighted by molar-refractivity contribution is 0.674. The van der Waals surface area contributed by atoms with Crippen LogP contribution in [0.4, 0.5) is 22.7 Å². The number of hydrogen-bond donors (Lipinski definition) is 0. The van der Waals surface area contributed by atoms with Gasteiger partial charge in [-0.3, -0.25) is 0 Å². The predicted octanol–water partition coefficient (Wildman–Crippen LogP) is 10.4. The van der Waals surface area contributed by atoms with Crippen LogP contribution in [0.3, 0.4) is 0 Å². The van der Waals surface area contributed by atoms with Gasteiger partial charge in [-0.2, -0.15) is 0 Å². The largest absolute Gasteiger partial charge is 0.314 e. The third-order valence-corrected chi connectivity index (χ3v) is 7.52. The van der Waals surface area contributed by atoms with Crippen LogP contribution < -0.4 is 9.80 Å². The zero-order valence-electron chi connectivity index (χ0n) is 22.9. The van der Waals surface area contributed by atoms with Crippen LogP contribution in [0.5, 0.6) is 0 Å². The molecule has 0 heterocycles. The summed E-state index contributed by atoms with van der Waals surface area (Å²) in [6.45, 7) is 2.34. The first-order valence-corrected chi connectivity index (χ1v) is 14.1. The summed E-state index contributed by atoms with van der Waals surface area (Å²) in [5.74, 6) is 0.371. The van der Waals surface area contributed by atoms with Crippen molar-refractivity contribution in [3.05, 3.63) is 175 Å². The Morgan fingerprint density at radius 2 is 1.12 bits per heavy atom. The Morgan fingerprint density at radius 1 is 0.575 bits per heavy atom. The van der Waals surface area contributed by atoms with Crippen LogP contribution in [0.15, 0.2) is 169 Å². The lowest BCUT2D eigenvalue weighted by Crippen LogP contribution is -2.26. The highest BCUT2D eigenvalue weighted by atomic mass is 15.2. The SMILES string of the molecule is CC1CC(c2ccc(N(c3ccccc3)c3ccccc3)cc2)=CC=C1N(C1=CCC=CC=C1)c1ccccc1. The molecular weight excluding hydrogens is 484 g/mol. The maximum atomic E-state index is 2.42. The van der Waals surface area contributed by atoms with Crippen molar-refractivity contribution in [1.82, 2.24) is 0 Å². The fourth-order valence-corrected chi connectivity index (χ4v) is 5.55. The van der Waals surface area contributed by atoms with Crippen molar-refractivity contribution in [2.24, 2.45) is 5.92 Å². The van der Waals surface area contributed by atoms with Gasteiger partial charge in [0, 0.05) is 40.1 Å². The van der Waals surface area contributed by atoms with E-state index in [2.05, 4.69) is 175 Å². The molecule has 6 rings (SSSR count). The normalized spacial score (nSPS) is 16.4. The number of allylic oxidation sites excluding steroid dienone is 9. The molecule has 0 spiro atoms. The van der Waals surface area contributed by atoms with Gasteiger partial charge in [-0.25, -0.2) is 0 Å². The average Bonchev–Trinajstić information content (AvgIpc) is 3.30. The van der Waals surface area contributed by atoms with Gasteiger partial charge in [-0.05, 0) is 84.7 Å². The summed E-state index contributed by atoms with van der Waals surface area (Å²) in [6.07, 6.45) is 17.5. The summed E-state index contributed by atoms with van der Waals surface area (Å²) in [4.78, 5) is 4.72. The molecule has 0 amide bonds. The Labute approximate surface area is 238 Å². The summed E-state index contributed by atoms with van der Waals surface area (Å²) in [6, 6.07) is 40.9. The van der Waals surface area contributed by atoms with Gasteiger partial charge >= 0.3 is 0 Å². The van der Waals surface area contributed by atoms with Crippen LogP contribution in [-0.4, -0.2) is 0 Å². The topological polar surface area (TPSA) is 6.48 Å². The first kappa shape index (κ1) is 25.5. The molecule has 2 aliphatic rings. The van der Waals surface area contributed by atoms with Crippen molar-refractivity contribution in [3.8, 4) is 0 Å². The Bertz CT molecular complexity index is 1530. The van der Waals surface area contributed by atoms with Gasteiger partial charge in [0.05, 0.1) is 0 Å². The highest BCUT2D eigenvalue weighted by molar-refractivity contribution is 5.79. The van der Waals surface area contributed by atoms with E-state index in [1.807, 2.05) is 0 Å². The van der Waals surface area contributed by atoms with E-state index in [0.29, 0.717) is 5.92 Å². The van der Waals surface area contributed by atoms with Crippen molar-refractivity contribution < 1.29 is 0 Å². The van der Waals surface area contributed by atoms with Gasteiger partial charge in [-0.1, -0.05) is 104 Å². The molecule has 1 atom stereocenters. The number of rotatable bonds is 7. The van der Waals surface area contributed by atoms with Gasteiger partial charge in [0.25, 0.3) is 0 Å². The maximum absolute atomic E-state index is 2.42. The van der Waals surface area contributed by atoms with Gasteiger partial charge in [0.1, 0.15) is 0 Å². The monoisotopic (exact) mass is 518 g/mol. The Balaban J connectivity index is 1.32. The second-order valence-corrected chi connectivity index (χ2v) is 10.3. The van der Waals surface area contributed by atoms with E-state index in [1.54, 1.807) is 0 Å². The van der Waals surface area contributed by atoms with E-state index < -0.39 is 0 Å². The molecule has 0 bridgehead atoms. The van der Waals surface area contributed by atoms with Gasteiger partial charge in [0.15, 0.2) is 0 Å². The molecule has 0 aromatic heterocycles. The second-order valence-electron chi connectivity index (χ2n) is 10.3. The zero-order chi connectivity index (χ0) is 27.1. The molecule has 0 saturated heterocycles. The van der Waals surface area contributed by atoms with E-state index in [1.165, 1.54) is 28.2 Å². The average molecular weight is 519 g/mol. The third-order valence-electron chi connectivity index (χ3n) is 7.52. The van der Waals surface area contributed by atoms with Gasteiger partial charge in [0.2, 0.25) is 0 Å². The Morgan fingerprint density at radius 3 is 1.70 bits per heavy atom. The first-order valence-electron chi connectivity index (χ1n) is 14.1. The van der Waals surface area contributed by atoms with E-state index in [0.717, 1.165) is 29.9 Å². The molecule has 0 saturated carbocycles. The molecule has 0 fully saturated rings. The molecule has 0 radical (unpaired) electrons. The van der Waals surface area contributed by atoms with E-state index in [9.17, 15) is 0 Å². The molecule has 4 aromatic carbocycles. The molecular formula is C38H34N2. The Kier molecular flexibility index (Phi) is 7.59. The van der Waals surface area contributed by atoms with Gasteiger partial charge in [-0.15, -0.1) is 0 Å². The quantitative estimate of drug-likeness (QED) is 0.240. The highest BCUT2D eigenvalue weighted by Crippen LogP contribution is 2.39. The first-order chi connectivity index (χ1) is 19.8. The van der Waals surface area contributed by atoms with Crippen LogP contribution >= 0.6 is 0 Å². The number of hydrogen-bond acceptors (Lipinski definition) is 2. The predicted molar refractivity (Wildman–Crippen MR) is 171 cm³/mol. The van der Waals surface area contributed by atoms with Crippen molar-refractivity contribution in [1.29, 1.82) is 0 Å². The molecule has 2 nitrogen and oxygen atoms in total. The zero-order valence-corrected chi connectivity index (χ0v) is 22.9. The molecule has 1 unspecified atom stereocenters. The maximum Gasteiger partial charge on any atom is 0.0462 e. The fraction of sp³-hybridized carbons (Fsp3) is 0.105. The minimum atomic E-state index is 0.371. The molecule has 40 heavy (non-hydrogen) atoms. The number of benzene rings is 4. The van der Waals surface area contributed by atoms with Gasteiger partial charge < -0.3 is 9.80 Å². The molecule has 196 valence electrons. The van der Waals surface area contributed by atoms with Crippen LogP contribution in [0.2, 0.25) is 0 Å².